The van der Waals surface area contributed by atoms with Crippen molar-refractivity contribution < 1.29 is 4.74 Å². The summed E-state index contributed by atoms with van der Waals surface area (Å²) in [5, 5.41) is 3.66. The maximum absolute atomic E-state index is 5.32. The van der Waals surface area contributed by atoms with E-state index in [2.05, 4.69) is 57.6 Å². The molecule has 20 heavy (non-hydrogen) atoms. The minimum absolute atomic E-state index is 0.378. The van der Waals surface area contributed by atoms with Crippen LogP contribution >= 0.6 is 15.9 Å². The number of benzene rings is 2. The van der Waals surface area contributed by atoms with Gasteiger partial charge in [0, 0.05) is 10.2 Å². The molecule has 2 aromatic rings. The van der Waals surface area contributed by atoms with E-state index in [-0.39, 0.29) is 0 Å². The summed E-state index contributed by atoms with van der Waals surface area (Å²) in [6, 6.07) is 15.1. The molecular weight excluding hydrogens is 314 g/mol. The van der Waals surface area contributed by atoms with Crippen molar-refractivity contribution in [2.75, 3.05) is 12.4 Å². The predicted molar refractivity (Wildman–Crippen MR) is 86.4 cm³/mol. The molecule has 0 radical (unpaired) electrons. The molecule has 1 atom stereocenters. The summed E-state index contributed by atoms with van der Waals surface area (Å²) in [6.07, 6.45) is 3.52. The number of hydrogen-bond acceptors (Lipinski definition) is 2. The Morgan fingerprint density at radius 1 is 1.20 bits per heavy atom. The van der Waals surface area contributed by atoms with E-state index in [0.717, 1.165) is 22.3 Å². The zero-order valence-corrected chi connectivity index (χ0v) is 13.1. The highest BCUT2D eigenvalue weighted by Crippen LogP contribution is 2.35. The first-order valence-electron chi connectivity index (χ1n) is 6.96. The molecule has 1 aliphatic rings. The van der Waals surface area contributed by atoms with Crippen molar-refractivity contribution in [2.45, 2.75) is 25.3 Å². The monoisotopic (exact) mass is 331 g/mol. The van der Waals surface area contributed by atoms with E-state index < -0.39 is 0 Å². The van der Waals surface area contributed by atoms with E-state index in [9.17, 15) is 0 Å². The second-order valence-electron chi connectivity index (χ2n) is 5.13. The van der Waals surface area contributed by atoms with Crippen molar-refractivity contribution in [2.24, 2.45) is 0 Å². The van der Waals surface area contributed by atoms with Crippen LogP contribution in [0.15, 0.2) is 46.9 Å². The van der Waals surface area contributed by atoms with Gasteiger partial charge in [-0.25, -0.2) is 0 Å². The number of aryl methyl sites for hydroxylation is 1. The maximum Gasteiger partial charge on any atom is 0.119 e. The lowest BCUT2D eigenvalue weighted by Gasteiger charge is -2.28. The second kappa shape index (κ2) is 5.88. The van der Waals surface area contributed by atoms with Crippen LogP contribution in [-0.4, -0.2) is 7.11 Å². The van der Waals surface area contributed by atoms with Crippen LogP contribution in [0.2, 0.25) is 0 Å². The molecule has 0 aliphatic heterocycles. The molecule has 0 bridgehead atoms. The summed E-state index contributed by atoms with van der Waals surface area (Å²) in [5.41, 5.74) is 3.95. The van der Waals surface area contributed by atoms with Crippen molar-refractivity contribution in [1.82, 2.24) is 0 Å². The molecule has 0 heterocycles. The Balaban J connectivity index is 1.88. The Labute approximate surface area is 128 Å². The molecule has 2 aromatic carbocycles. The SMILES string of the molecule is COc1ccc2c(c1)CCCC2Nc1ccccc1Br. The molecule has 0 saturated heterocycles. The maximum atomic E-state index is 5.32. The fourth-order valence-electron chi connectivity index (χ4n) is 2.83. The van der Waals surface area contributed by atoms with Crippen LogP contribution < -0.4 is 10.1 Å². The van der Waals surface area contributed by atoms with Crippen molar-refractivity contribution in [3.63, 3.8) is 0 Å². The highest BCUT2D eigenvalue weighted by Gasteiger charge is 2.20. The third-order valence-electron chi connectivity index (χ3n) is 3.87. The van der Waals surface area contributed by atoms with Gasteiger partial charge in [0.1, 0.15) is 5.75 Å². The van der Waals surface area contributed by atoms with Crippen LogP contribution in [0, 0.1) is 0 Å². The Morgan fingerprint density at radius 3 is 2.85 bits per heavy atom. The van der Waals surface area contributed by atoms with Crippen LogP contribution in [0.4, 0.5) is 5.69 Å². The summed E-state index contributed by atoms with van der Waals surface area (Å²) in [5.74, 6) is 0.949. The minimum Gasteiger partial charge on any atom is -0.497 e. The number of hydrogen-bond donors (Lipinski definition) is 1. The molecular formula is C17H18BrNO. The quantitative estimate of drug-likeness (QED) is 0.859. The molecule has 0 aromatic heterocycles. The van der Waals surface area contributed by atoms with Gasteiger partial charge >= 0.3 is 0 Å². The van der Waals surface area contributed by atoms with Crippen LogP contribution in [0.1, 0.15) is 30.0 Å². The number of halogens is 1. The van der Waals surface area contributed by atoms with E-state index in [4.69, 9.17) is 4.74 Å². The number of rotatable bonds is 3. The molecule has 3 rings (SSSR count). The molecule has 0 amide bonds. The minimum atomic E-state index is 0.378. The molecule has 1 unspecified atom stereocenters. The van der Waals surface area contributed by atoms with Crippen molar-refractivity contribution >= 4 is 21.6 Å². The summed E-state index contributed by atoms with van der Waals surface area (Å²) in [4.78, 5) is 0. The number of nitrogens with one attached hydrogen (secondary N) is 1. The third-order valence-corrected chi connectivity index (χ3v) is 4.56. The molecule has 1 aliphatic carbocycles. The molecule has 2 nitrogen and oxygen atoms in total. The number of methoxy groups -OCH3 is 1. The van der Waals surface area contributed by atoms with Gasteiger partial charge in [-0.1, -0.05) is 18.2 Å². The Kier molecular flexibility index (Phi) is 3.97. The smallest absolute Gasteiger partial charge is 0.119 e. The first-order chi connectivity index (χ1) is 9.78. The zero-order valence-electron chi connectivity index (χ0n) is 11.5. The van der Waals surface area contributed by atoms with E-state index >= 15 is 0 Å². The predicted octanol–water partition coefficient (Wildman–Crippen LogP) is 4.95. The number of ether oxygens (including phenoxy) is 1. The van der Waals surface area contributed by atoms with Crippen molar-refractivity contribution in [3.05, 3.63) is 58.1 Å². The highest BCUT2D eigenvalue weighted by atomic mass is 79.9. The lowest BCUT2D eigenvalue weighted by Crippen LogP contribution is -2.17. The largest absolute Gasteiger partial charge is 0.497 e. The van der Waals surface area contributed by atoms with Crippen molar-refractivity contribution in [3.8, 4) is 5.75 Å². The van der Waals surface area contributed by atoms with Gasteiger partial charge in [0.05, 0.1) is 13.2 Å². The topological polar surface area (TPSA) is 21.3 Å². The first-order valence-corrected chi connectivity index (χ1v) is 7.75. The van der Waals surface area contributed by atoms with Gasteiger partial charge in [-0.05, 0) is 70.6 Å². The summed E-state index contributed by atoms with van der Waals surface area (Å²) < 4.78 is 6.44. The fourth-order valence-corrected chi connectivity index (χ4v) is 3.23. The van der Waals surface area contributed by atoms with Gasteiger partial charge in [-0.2, -0.15) is 0 Å². The van der Waals surface area contributed by atoms with Gasteiger partial charge in [0.25, 0.3) is 0 Å². The van der Waals surface area contributed by atoms with Gasteiger partial charge in [-0.3, -0.25) is 0 Å². The van der Waals surface area contributed by atoms with Crippen LogP contribution in [0.5, 0.6) is 5.75 Å². The number of anilines is 1. The van der Waals surface area contributed by atoms with Gasteiger partial charge in [0.2, 0.25) is 0 Å². The summed E-state index contributed by atoms with van der Waals surface area (Å²) in [6.45, 7) is 0. The number of para-hydroxylation sites is 1. The highest BCUT2D eigenvalue weighted by molar-refractivity contribution is 9.10. The van der Waals surface area contributed by atoms with Crippen LogP contribution in [0.3, 0.4) is 0 Å². The molecule has 0 spiro atoms. The lowest BCUT2D eigenvalue weighted by atomic mass is 9.87. The molecule has 3 heteroatoms. The normalized spacial score (nSPS) is 17.4. The lowest BCUT2D eigenvalue weighted by molar-refractivity contribution is 0.413. The Morgan fingerprint density at radius 2 is 2.05 bits per heavy atom. The summed E-state index contributed by atoms with van der Waals surface area (Å²) in [7, 11) is 1.72. The van der Waals surface area contributed by atoms with E-state index in [1.807, 2.05) is 6.07 Å². The summed E-state index contributed by atoms with van der Waals surface area (Å²) >= 11 is 3.60. The average Bonchev–Trinajstić information content (AvgIpc) is 2.49. The van der Waals surface area contributed by atoms with E-state index in [1.54, 1.807) is 7.11 Å². The first kappa shape index (κ1) is 13.5. The van der Waals surface area contributed by atoms with Gasteiger partial charge in [-0.15, -0.1) is 0 Å². The number of fused-ring (bicyclic) bond motifs is 1. The standard InChI is InChI=1S/C17H18BrNO/c1-20-13-9-10-14-12(11-13)5-4-8-16(14)19-17-7-3-2-6-15(17)18/h2-3,6-7,9-11,16,19H,4-5,8H2,1H3. The van der Waals surface area contributed by atoms with E-state index in [1.165, 1.54) is 24.0 Å². The fraction of sp³-hybridized carbons (Fsp3) is 0.294. The van der Waals surface area contributed by atoms with Crippen molar-refractivity contribution in [1.29, 1.82) is 0 Å². The molecule has 0 saturated carbocycles. The van der Waals surface area contributed by atoms with Gasteiger partial charge < -0.3 is 10.1 Å². The van der Waals surface area contributed by atoms with Crippen LogP contribution in [-0.2, 0) is 6.42 Å². The molecule has 0 fully saturated rings. The second-order valence-corrected chi connectivity index (χ2v) is 5.99. The average molecular weight is 332 g/mol. The Bertz CT molecular complexity index is 612. The molecule has 104 valence electrons. The van der Waals surface area contributed by atoms with Gasteiger partial charge in [0.15, 0.2) is 0 Å². The van der Waals surface area contributed by atoms with Crippen LogP contribution in [0.25, 0.3) is 0 Å². The van der Waals surface area contributed by atoms with E-state index in [0.29, 0.717) is 6.04 Å². The zero-order chi connectivity index (χ0) is 13.9. The third kappa shape index (κ3) is 2.68. The molecule has 1 N–H and O–H groups in total. The Hall–Kier alpha value is -1.48.